The Bertz CT molecular complexity index is 793. The molecule has 0 saturated carbocycles. The maximum absolute atomic E-state index is 11.6. The van der Waals surface area contributed by atoms with Crippen LogP contribution in [0.25, 0.3) is 0 Å². The van der Waals surface area contributed by atoms with Crippen molar-refractivity contribution in [1.29, 1.82) is 0 Å². The molecule has 1 atom stereocenters. The summed E-state index contributed by atoms with van der Waals surface area (Å²) in [5.41, 5.74) is -0.819. The Balaban J connectivity index is 2.16. The highest BCUT2D eigenvalue weighted by molar-refractivity contribution is 6.58. The second-order valence-electron chi connectivity index (χ2n) is 5.15. The normalized spacial score (nSPS) is 12.0. The zero-order valence-electron chi connectivity index (χ0n) is 12.9. The minimum atomic E-state index is -1.61. The fraction of sp³-hybridized carbons (Fsp3) is 0.267. The van der Waals surface area contributed by atoms with E-state index in [0.717, 1.165) is 0 Å². The topological polar surface area (TPSA) is 133 Å². The molecule has 2 rings (SSSR count). The van der Waals surface area contributed by atoms with Gasteiger partial charge in [-0.15, -0.1) is 0 Å². The molecule has 2 aromatic carbocycles. The smallest absolute Gasteiger partial charge is 0.488 e. The first-order chi connectivity index (χ1) is 11.3. The summed E-state index contributed by atoms with van der Waals surface area (Å²) < 4.78 is 5.04. The number of carboxylic acids is 1. The lowest BCUT2D eigenvalue weighted by molar-refractivity contribution is -0.137. The molecule has 0 aromatic heterocycles. The van der Waals surface area contributed by atoms with Gasteiger partial charge in [0.2, 0.25) is 0 Å². The fourth-order valence-electron chi connectivity index (χ4n) is 2.22. The third-order valence-electron chi connectivity index (χ3n) is 3.49. The van der Waals surface area contributed by atoms with Crippen LogP contribution in [0.1, 0.15) is 12.5 Å². The van der Waals surface area contributed by atoms with Gasteiger partial charge < -0.3 is 25.2 Å². The zero-order valence-corrected chi connectivity index (χ0v) is 12.9. The Labute approximate surface area is 137 Å². The molecule has 0 bridgehead atoms. The van der Waals surface area contributed by atoms with E-state index >= 15 is 0 Å². The standard InChI is InChI=1S/C15H16BNO7/c1-2-24-14-11(12(18)13(14)19)17-10(15(20)21)7-8-3-5-9(6-4-8)16(22)23/h3-6,10,17,22-23H,2,7H2,1H3,(H,20,21)/t10-/m1/s1. The lowest BCUT2D eigenvalue weighted by Crippen LogP contribution is -2.41. The molecular formula is C15H16BNO7. The number of aliphatic carboxylic acids is 1. The highest BCUT2D eigenvalue weighted by Crippen LogP contribution is 2.19. The maximum Gasteiger partial charge on any atom is 0.488 e. The van der Waals surface area contributed by atoms with E-state index in [0.29, 0.717) is 5.56 Å². The van der Waals surface area contributed by atoms with Crippen LogP contribution >= 0.6 is 0 Å². The highest BCUT2D eigenvalue weighted by Gasteiger charge is 2.27. The van der Waals surface area contributed by atoms with E-state index in [1.807, 2.05) is 0 Å². The van der Waals surface area contributed by atoms with Crippen molar-refractivity contribution >= 4 is 24.2 Å². The van der Waals surface area contributed by atoms with Gasteiger partial charge in [-0.2, -0.15) is 0 Å². The van der Waals surface area contributed by atoms with E-state index in [-0.39, 0.29) is 29.9 Å². The van der Waals surface area contributed by atoms with Gasteiger partial charge in [-0.25, -0.2) is 4.79 Å². The molecule has 8 nitrogen and oxygen atoms in total. The molecule has 0 fully saturated rings. The van der Waals surface area contributed by atoms with Gasteiger partial charge in [-0.3, -0.25) is 9.59 Å². The summed E-state index contributed by atoms with van der Waals surface area (Å²) in [5, 5.41) is 29.9. The van der Waals surface area contributed by atoms with E-state index in [1.165, 1.54) is 12.1 Å². The van der Waals surface area contributed by atoms with Crippen molar-refractivity contribution in [2.24, 2.45) is 0 Å². The summed E-state index contributed by atoms with van der Waals surface area (Å²) in [6, 6.07) is 4.89. The molecule has 0 amide bonds. The molecule has 0 aliphatic heterocycles. The second kappa shape index (κ2) is 7.28. The molecule has 4 N–H and O–H groups in total. The largest absolute Gasteiger partial charge is 0.488 e. The number of hydrogen-bond acceptors (Lipinski definition) is 7. The summed E-state index contributed by atoms with van der Waals surface area (Å²) in [4.78, 5) is 34.4. The van der Waals surface area contributed by atoms with Gasteiger partial charge in [-0.1, -0.05) is 24.3 Å². The van der Waals surface area contributed by atoms with Crippen LogP contribution in [-0.4, -0.2) is 40.9 Å². The van der Waals surface area contributed by atoms with Crippen molar-refractivity contribution in [3.05, 3.63) is 50.3 Å². The van der Waals surface area contributed by atoms with Crippen molar-refractivity contribution in [3.8, 4) is 5.75 Å². The van der Waals surface area contributed by atoms with Crippen LogP contribution in [-0.2, 0) is 11.2 Å². The first-order valence-corrected chi connectivity index (χ1v) is 7.25. The van der Waals surface area contributed by atoms with Gasteiger partial charge in [0, 0.05) is 6.42 Å². The number of nitrogens with one attached hydrogen (secondary N) is 1. The lowest BCUT2D eigenvalue weighted by Gasteiger charge is -2.19. The number of rotatable bonds is 8. The summed E-state index contributed by atoms with van der Waals surface area (Å²) >= 11 is 0. The second-order valence-corrected chi connectivity index (χ2v) is 5.15. The van der Waals surface area contributed by atoms with Crippen LogP contribution in [0.5, 0.6) is 5.75 Å². The first-order valence-electron chi connectivity index (χ1n) is 7.25. The van der Waals surface area contributed by atoms with Gasteiger partial charge in [0.15, 0.2) is 5.75 Å². The summed E-state index contributed by atoms with van der Waals surface area (Å²) in [6.45, 7) is 1.83. The first kappa shape index (κ1) is 17.7. The number of anilines is 1. The van der Waals surface area contributed by atoms with E-state index in [4.69, 9.17) is 14.8 Å². The van der Waals surface area contributed by atoms with E-state index < -0.39 is 30.0 Å². The predicted molar refractivity (Wildman–Crippen MR) is 87.5 cm³/mol. The van der Waals surface area contributed by atoms with E-state index in [1.54, 1.807) is 19.1 Å². The van der Waals surface area contributed by atoms with Crippen LogP contribution in [0.15, 0.2) is 33.9 Å². The Kier molecular flexibility index (Phi) is 5.37. The number of ether oxygens (including phenoxy) is 1. The Hall–Kier alpha value is -2.65. The minimum absolute atomic E-state index is 0.0293. The minimum Gasteiger partial charge on any atom is -0.488 e. The molecule has 9 heteroatoms. The number of carboxylic acid groups (broad SMARTS) is 1. The molecule has 0 radical (unpaired) electrons. The van der Waals surface area contributed by atoms with Crippen molar-refractivity contribution < 1.29 is 24.7 Å². The van der Waals surface area contributed by atoms with Gasteiger partial charge in [0.25, 0.3) is 10.9 Å². The van der Waals surface area contributed by atoms with Crippen LogP contribution in [0.2, 0.25) is 0 Å². The molecule has 24 heavy (non-hydrogen) atoms. The van der Waals surface area contributed by atoms with Crippen molar-refractivity contribution in [2.75, 3.05) is 11.9 Å². The Morgan fingerprint density at radius 2 is 1.83 bits per heavy atom. The third-order valence-corrected chi connectivity index (χ3v) is 3.49. The summed E-state index contributed by atoms with van der Waals surface area (Å²) in [7, 11) is -1.61. The van der Waals surface area contributed by atoms with E-state index in [2.05, 4.69) is 5.32 Å². The van der Waals surface area contributed by atoms with Crippen LogP contribution in [0, 0.1) is 0 Å². The lowest BCUT2D eigenvalue weighted by atomic mass is 9.80. The molecule has 0 spiro atoms. The molecular weight excluding hydrogens is 317 g/mol. The SMILES string of the molecule is CCOc1c(N[C@H](Cc2ccc(B(O)O)cc2)C(=O)O)c(=O)c1=O. The molecule has 0 heterocycles. The van der Waals surface area contributed by atoms with Gasteiger partial charge >= 0.3 is 13.1 Å². The Morgan fingerprint density at radius 1 is 1.21 bits per heavy atom. The molecule has 0 aliphatic rings. The molecule has 0 aliphatic carbocycles. The van der Waals surface area contributed by atoms with Crippen LogP contribution in [0.3, 0.4) is 0 Å². The predicted octanol–water partition coefficient (Wildman–Crippen LogP) is -1.53. The molecule has 0 saturated heterocycles. The van der Waals surface area contributed by atoms with Crippen molar-refractivity contribution in [2.45, 2.75) is 19.4 Å². The number of carbonyl (C=O) groups is 1. The number of benzene rings is 1. The van der Waals surface area contributed by atoms with Crippen LogP contribution < -0.4 is 26.4 Å². The summed E-state index contributed by atoms with van der Waals surface area (Å²) in [5.74, 6) is -1.34. The highest BCUT2D eigenvalue weighted by atomic mass is 16.5. The maximum atomic E-state index is 11.6. The fourth-order valence-corrected chi connectivity index (χ4v) is 2.22. The number of hydrogen-bond donors (Lipinski definition) is 4. The average Bonchev–Trinajstić information content (AvgIpc) is 2.56. The van der Waals surface area contributed by atoms with Crippen molar-refractivity contribution in [3.63, 3.8) is 0 Å². The molecule has 0 unspecified atom stereocenters. The van der Waals surface area contributed by atoms with Gasteiger partial charge in [0.1, 0.15) is 11.7 Å². The van der Waals surface area contributed by atoms with E-state index in [9.17, 15) is 19.5 Å². The van der Waals surface area contributed by atoms with Gasteiger partial charge in [-0.05, 0) is 17.9 Å². The van der Waals surface area contributed by atoms with Crippen LogP contribution in [0.4, 0.5) is 5.69 Å². The molecule has 126 valence electrons. The molecule has 2 aromatic rings. The Morgan fingerprint density at radius 3 is 2.33 bits per heavy atom. The van der Waals surface area contributed by atoms with Crippen molar-refractivity contribution in [1.82, 2.24) is 0 Å². The monoisotopic (exact) mass is 333 g/mol. The average molecular weight is 333 g/mol. The summed E-state index contributed by atoms with van der Waals surface area (Å²) in [6.07, 6.45) is 0.0293. The zero-order chi connectivity index (χ0) is 17.9. The quantitative estimate of drug-likeness (QED) is 0.338. The third kappa shape index (κ3) is 3.63. The van der Waals surface area contributed by atoms with Gasteiger partial charge in [0.05, 0.1) is 6.61 Å².